The van der Waals surface area contributed by atoms with Crippen LogP contribution in [0.3, 0.4) is 0 Å². The van der Waals surface area contributed by atoms with Gasteiger partial charge >= 0.3 is 0 Å². The van der Waals surface area contributed by atoms with Crippen LogP contribution in [0.2, 0.25) is 0 Å². The number of hydrogen-bond acceptors (Lipinski definition) is 1. The minimum Gasteiger partial charge on any atom is -0.319 e. The van der Waals surface area contributed by atoms with Crippen LogP contribution >= 0.6 is 0 Å². The third-order valence-corrected chi connectivity index (χ3v) is 3.38. The van der Waals surface area contributed by atoms with Crippen LogP contribution in [0, 0.1) is 5.92 Å². The number of rotatable bonds is 6. The van der Waals surface area contributed by atoms with E-state index in [0.717, 1.165) is 12.5 Å². The van der Waals surface area contributed by atoms with Crippen molar-refractivity contribution in [2.75, 3.05) is 13.6 Å². The van der Waals surface area contributed by atoms with Crippen molar-refractivity contribution < 1.29 is 0 Å². The lowest BCUT2D eigenvalue weighted by Gasteiger charge is -2.35. The zero-order valence-electron chi connectivity index (χ0n) is 11.1. The van der Waals surface area contributed by atoms with Crippen LogP contribution in [0.25, 0.3) is 0 Å². The molecule has 1 N–H and O–H groups in total. The maximum absolute atomic E-state index is 3.36. The highest BCUT2D eigenvalue weighted by atomic mass is 14.8. The second kappa shape index (κ2) is 6.05. The van der Waals surface area contributed by atoms with Crippen molar-refractivity contribution in [3.05, 3.63) is 35.9 Å². The molecule has 0 aliphatic carbocycles. The highest BCUT2D eigenvalue weighted by molar-refractivity contribution is 5.26. The Hall–Kier alpha value is -0.820. The Balaban J connectivity index is 3.01. The molecule has 16 heavy (non-hydrogen) atoms. The minimum atomic E-state index is 0.296. The molecule has 0 spiro atoms. The molecule has 90 valence electrons. The topological polar surface area (TPSA) is 12.0 Å². The van der Waals surface area contributed by atoms with E-state index in [2.05, 4.69) is 56.4 Å². The quantitative estimate of drug-likeness (QED) is 0.771. The van der Waals surface area contributed by atoms with E-state index in [4.69, 9.17) is 0 Å². The molecule has 0 saturated carbocycles. The molecule has 1 aromatic rings. The van der Waals surface area contributed by atoms with Crippen molar-refractivity contribution in [1.82, 2.24) is 5.32 Å². The Labute approximate surface area is 100 Å². The third kappa shape index (κ3) is 3.08. The van der Waals surface area contributed by atoms with E-state index < -0.39 is 0 Å². The second-order valence-electron chi connectivity index (χ2n) is 5.13. The van der Waals surface area contributed by atoms with Gasteiger partial charge in [0.1, 0.15) is 0 Å². The maximum atomic E-state index is 3.36. The summed E-state index contributed by atoms with van der Waals surface area (Å²) in [4.78, 5) is 0. The fraction of sp³-hybridized carbons (Fsp3) is 0.600. The first-order chi connectivity index (χ1) is 7.64. The maximum Gasteiger partial charge on any atom is 0.00774 e. The fourth-order valence-electron chi connectivity index (χ4n) is 2.68. The van der Waals surface area contributed by atoms with E-state index in [9.17, 15) is 0 Å². The van der Waals surface area contributed by atoms with Crippen molar-refractivity contribution in [2.24, 2.45) is 5.92 Å². The van der Waals surface area contributed by atoms with Crippen molar-refractivity contribution in [3.63, 3.8) is 0 Å². The summed E-state index contributed by atoms with van der Waals surface area (Å²) < 4.78 is 0. The Morgan fingerprint density at radius 3 is 2.25 bits per heavy atom. The number of likely N-dealkylation sites (N-methyl/N-ethyl adjacent to an activating group) is 1. The van der Waals surface area contributed by atoms with E-state index >= 15 is 0 Å². The monoisotopic (exact) mass is 219 g/mol. The van der Waals surface area contributed by atoms with Gasteiger partial charge < -0.3 is 5.32 Å². The van der Waals surface area contributed by atoms with Crippen LogP contribution in [-0.4, -0.2) is 13.6 Å². The van der Waals surface area contributed by atoms with Crippen molar-refractivity contribution >= 4 is 0 Å². The molecular weight excluding hydrogens is 194 g/mol. The average Bonchev–Trinajstić information content (AvgIpc) is 2.29. The van der Waals surface area contributed by atoms with Gasteiger partial charge in [-0.05, 0) is 31.4 Å². The zero-order chi connectivity index (χ0) is 12.0. The molecule has 0 bridgehead atoms. The molecule has 1 nitrogen and oxygen atoms in total. The van der Waals surface area contributed by atoms with Crippen LogP contribution in [0.5, 0.6) is 0 Å². The van der Waals surface area contributed by atoms with Gasteiger partial charge in [-0.2, -0.15) is 0 Å². The molecule has 0 aromatic heterocycles. The summed E-state index contributed by atoms with van der Waals surface area (Å²) in [6.45, 7) is 7.98. The minimum absolute atomic E-state index is 0.296. The van der Waals surface area contributed by atoms with Gasteiger partial charge in [0, 0.05) is 12.0 Å². The van der Waals surface area contributed by atoms with Crippen LogP contribution < -0.4 is 5.32 Å². The molecule has 0 amide bonds. The van der Waals surface area contributed by atoms with E-state index in [-0.39, 0.29) is 0 Å². The van der Waals surface area contributed by atoms with Crippen LogP contribution in [0.15, 0.2) is 30.3 Å². The average molecular weight is 219 g/mol. The summed E-state index contributed by atoms with van der Waals surface area (Å²) in [5.41, 5.74) is 1.77. The normalized spacial score (nSPS) is 15.1. The first-order valence-electron chi connectivity index (χ1n) is 6.34. The Bertz CT molecular complexity index is 292. The first-order valence-corrected chi connectivity index (χ1v) is 6.34. The van der Waals surface area contributed by atoms with Gasteiger partial charge in [0.2, 0.25) is 0 Å². The third-order valence-electron chi connectivity index (χ3n) is 3.38. The van der Waals surface area contributed by atoms with Crippen LogP contribution in [-0.2, 0) is 5.41 Å². The summed E-state index contributed by atoms with van der Waals surface area (Å²) in [7, 11) is 2.05. The van der Waals surface area contributed by atoms with Gasteiger partial charge in [-0.1, -0.05) is 51.1 Å². The van der Waals surface area contributed by atoms with Gasteiger partial charge in [-0.25, -0.2) is 0 Å². The van der Waals surface area contributed by atoms with Crippen molar-refractivity contribution in [3.8, 4) is 0 Å². The Morgan fingerprint density at radius 1 is 1.19 bits per heavy atom. The lowest BCUT2D eigenvalue weighted by molar-refractivity contribution is 0.318. The molecule has 1 heteroatoms. The number of benzene rings is 1. The summed E-state index contributed by atoms with van der Waals surface area (Å²) in [6.07, 6.45) is 2.43. The molecule has 0 aliphatic heterocycles. The zero-order valence-corrected chi connectivity index (χ0v) is 11.1. The standard InChI is InChI=1S/C15H25N/c1-5-15(12-16-4,11-13(2)3)14-9-7-6-8-10-14/h6-10,13,16H,5,11-12H2,1-4H3. The summed E-state index contributed by atoms with van der Waals surface area (Å²) in [5.74, 6) is 0.730. The van der Waals surface area contributed by atoms with Gasteiger partial charge in [-0.15, -0.1) is 0 Å². The van der Waals surface area contributed by atoms with Gasteiger partial charge in [0.05, 0.1) is 0 Å². The fourth-order valence-corrected chi connectivity index (χ4v) is 2.68. The summed E-state index contributed by atoms with van der Waals surface area (Å²) in [5, 5.41) is 3.36. The molecular formula is C15H25N. The highest BCUT2D eigenvalue weighted by Crippen LogP contribution is 2.34. The molecule has 0 radical (unpaired) electrons. The number of nitrogens with one attached hydrogen (secondary N) is 1. The largest absolute Gasteiger partial charge is 0.319 e. The Kier molecular flexibility index (Phi) is 5.01. The molecule has 1 rings (SSSR count). The highest BCUT2D eigenvalue weighted by Gasteiger charge is 2.30. The van der Waals surface area contributed by atoms with Gasteiger partial charge in [0.15, 0.2) is 0 Å². The lowest BCUT2D eigenvalue weighted by Crippen LogP contribution is -2.37. The Morgan fingerprint density at radius 2 is 1.81 bits per heavy atom. The molecule has 0 aliphatic rings. The second-order valence-corrected chi connectivity index (χ2v) is 5.13. The molecule has 1 unspecified atom stereocenters. The smallest absolute Gasteiger partial charge is 0.00774 e. The first kappa shape index (κ1) is 13.2. The summed E-state index contributed by atoms with van der Waals surface area (Å²) >= 11 is 0. The molecule has 0 saturated heterocycles. The lowest BCUT2D eigenvalue weighted by atomic mass is 9.72. The van der Waals surface area contributed by atoms with E-state index in [0.29, 0.717) is 5.41 Å². The van der Waals surface area contributed by atoms with Crippen LogP contribution in [0.4, 0.5) is 0 Å². The van der Waals surface area contributed by atoms with Crippen molar-refractivity contribution in [2.45, 2.75) is 39.0 Å². The molecule has 1 atom stereocenters. The molecule has 0 heterocycles. The van der Waals surface area contributed by atoms with Crippen LogP contribution in [0.1, 0.15) is 39.2 Å². The number of hydrogen-bond donors (Lipinski definition) is 1. The predicted octanol–water partition coefficient (Wildman–Crippen LogP) is 3.60. The van der Waals surface area contributed by atoms with E-state index in [1.807, 2.05) is 7.05 Å². The van der Waals surface area contributed by atoms with Gasteiger partial charge in [-0.3, -0.25) is 0 Å². The summed E-state index contributed by atoms with van der Waals surface area (Å²) in [6, 6.07) is 10.9. The van der Waals surface area contributed by atoms with E-state index in [1.54, 1.807) is 0 Å². The van der Waals surface area contributed by atoms with E-state index in [1.165, 1.54) is 18.4 Å². The SMILES string of the molecule is CCC(CNC)(CC(C)C)c1ccccc1. The molecule has 1 aromatic carbocycles. The predicted molar refractivity (Wildman–Crippen MR) is 71.8 cm³/mol. The molecule has 0 fully saturated rings. The van der Waals surface area contributed by atoms with Gasteiger partial charge in [0.25, 0.3) is 0 Å². The van der Waals surface area contributed by atoms with Crippen molar-refractivity contribution in [1.29, 1.82) is 0 Å².